The number of rotatable bonds is 3. The van der Waals surface area contributed by atoms with E-state index in [1.165, 1.54) is 25.0 Å². The van der Waals surface area contributed by atoms with Gasteiger partial charge in [0.05, 0.1) is 0 Å². The van der Waals surface area contributed by atoms with Gasteiger partial charge in [0.25, 0.3) is 0 Å². The zero-order chi connectivity index (χ0) is 10.7. The average Bonchev–Trinajstić information content (AvgIpc) is 2.20. The molecule has 1 atom stereocenters. The lowest BCUT2D eigenvalue weighted by molar-refractivity contribution is 0.372. The summed E-state index contributed by atoms with van der Waals surface area (Å²) in [6.07, 6.45) is 3.89. The minimum absolute atomic E-state index is 0.605. The predicted octanol–water partition coefficient (Wildman–Crippen LogP) is 3.59. The van der Waals surface area contributed by atoms with E-state index in [4.69, 9.17) is 0 Å². The maximum Gasteiger partial charge on any atom is 0.0192 e. The van der Waals surface area contributed by atoms with Crippen molar-refractivity contribution in [1.29, 1.82) is 0 Å². The Labute approximate surface area is 88.5 Å². The molecule has 0 amide bonds. The summed E-state index contributed by atoms with van der Waals surface area (Å²) < 4.78 is 0. The first kappa shape index (κ1) is 11.4. The normalized spacial score (nSPS) is 22.4. The molecule has 14 heavy (non-hydrogen) atoms. The van der Waals surface area contributed by atoms with Crippen LogP contribution in [0.15, 0.2) is 23.4 Å². The van der Waals surface area contributed by atoms with E-state index < -0.39 is 0 Å². The van der Waals surface area contributed by atoms with E-state index in [0.29, 0.717) is 5.92 Å². The van der Waals surface area contributed by atoms with Crippen molar-refractivity contribution in [2.75, 3.05) is 13.6 Å². The molecule has 1 aliphatic carbocycles. The number of allylic oxidation sites excluding steroid dienone is 2. The Kier molecular flexibility index (Phi) is 3.79. The molecule has 1 aliphatic rings. The van der Waals surface area contributed by atoms with Crippen LogP contribution in [0.1, 0.15) is 40.0 Å². The van der Waals surface area contributed by atoms with E-state index in [1.54, 1.807) is 11.1 Å². The minimum Gasteiger partial charge on any atom is -0.378 e. The SMILES string of the molecule is C=C(C1CCCC(C)=C1C)N(C)CC. The molecule has 0 N–H and O–H groups in total. The third kappa shape index (κ3) is 2.20. The van der Waals surface area contributed by atoms with Crippen molar-refractivity contribution < 1.29 is 0 Å². The molecular weight excluding hydrogens is 170 g/mol. The van der Waals surface area contributed by atoms with Gasteiger partial charge in [-0.05, 0) is 40.0 Å². The monoisotopic (exact) mass is 193 g/mol. The summed E-state index contributed by atoms with van der Waals surface area (Å²) in [7, 11) is 2.14. The van der Waals surface area contributed by atoms with Gasteiger partial charge < -0.3 is 4.90 Å². The van der Waals surface area contributed by atoms with Gasteiger partial charge in [-0.3, -0.25) is 0 Å². The van der Waals surface area contributed by atoms with Crippen LogP contribution in [0.4, 0.5) is 0 Å². The van der Waals surface area contributed by atoms with Crippen molar-refractivity contribution >= 4 is 0 Å². The van der Waals surface area contributed by atoms with Gasteiger partial charge in [-0.2, -0.15) is 0 Å². The molecule has 0 aromatic carbocycles. The van der Waals surface area contributed by atoms with Gasteiger partial charge in [0.15, 0.2) is 0 Å². The highest BCUT2D eigenvalue weighted by Crippen LogP contribution is 2.34. The standard InChI is InChI=1S/C13H23N/c1-6-14(5)12(4)13-9-7-8-10(2)11(13)3/h13H,4,6-9H2,1-3,5H3. The fourth-order valence-corrected chi connectivity index (χ4v) is 2.17. The lowest BCUT2D eigenvalue weighted by Crippen LogP contribution is -2.24. The molecule has 1 unspecified atom stereocenters. The lowest BCUT2D eigenvalue weighted by Gasteiger charge is -2.32. The summed E-state index contributed by atoms with van der Waals surface area (Å²) in [5.74, 6) is 0.605. The topological polar surface area (TPSA) is 3.24 Å². The molecule has 0 bridgehead atoms. The van der Waals surface area contributed by atoms with Crippen LogP contribution >= 0.6 is 0 Å². The maximum atomic E-state index is 4.23. The lowest BCUT2D eigenvalue weighted by atomic mass is 9.82. The van der Waals surface area contributed by atoms with Crippen molar-refractivity contribution in [1.82, 2.24) is 4.90 Å². The Balaban J connectivity index is 2.78. The summed E-state index contributed by atoms with van der Waals surface area (Å²) in [6, 6.07) is 0. The number of hydrogen-bond acceptors (Lipinski definition) is 1. The summed E-state index contributed by atoms with van der Waals surface area (Å²) >= 11 is 0. The second-order valence-electron chi connectivity index (χ2n) is 4.41. The molecule has 1 heteroatoms. The Hall–Kier alpha value is -0.720. The van der Waals surface area contributed by atoms with Crippen molar-refractivity contribution in [3.8, 4) is 0 Å². The maximum absolute atomic E-state index is 4.23. The van der Waals surface area contributed by atoms with Gasteiger partial charge in [-0.25, -0.2) is 0 Å². The quantitative estimate of drug-likeness (QED) is 0.619. The predicted molar refractivity (Wildman–Crippen MR) is 63.2 cm³/mol. The zero-order valence-electron chi connectivity index (χ0n) is 10.1. The molecule has 1 nitrogen and oxygen atoms in total. The summed E-state index contributed by atoms with van der Waals surface area (Å²) in [5, 5.41) is 0. The molecule has 0 saturated heterocycles. The first-order valence-corrected chi connectivity index (χ1v) is 5.64. The highest BCUT2D eigenvalue weighted by Gasteiger charge is 2.21. The fourth-order valence-electron chi connectivity index (χ4n) is 2.17. The van der Waals surface area contributed by atoms with Crippen molar-refractivity contribution in [2.24, 2.45) is 5.92 Å². The summed E-state index contributed by atoms with van der Waals surface area (Å²) in [5.41, 5.74) is 4.43. The van der Waals surface area contributed by atoms with Gasteiger partial charge in [0.2, 0.25) is 0 Å². The first-order valence-electron chi connectivity index (χ1n) is 5.64. The summed E-state index contributed by atoms with van der Waals surface area (Å²) in [4.78, 5) is 2.27. The van der Waals surface area contributed by atoms with Crippen LogP contribution in [0.3, 0.4) is 0 Å². The average molecular weight is 193 g/mol. The first-order chi connectivity index (χ1) is 6.57. The molecule has 0 aliphatic heterocycles. The molecule has 0 saturated carbocycles. The van der Waals surface area contributed by atoms with Gasteiger partial charge in [0.1, 0.15) is 0 Å². The van der Waals surface area contributed by atoms with E-state index in [0.717, 1.165) is 6.54 Å². The molecule has 80 valence electrons. The Morgan fingerprint density at radius 3 is 2.71 bits per heavy atom. The van der Waals surface area contributed by atoms with Crippen LogP contribution in [-0.4, -0.2) is 18.5 Å². The van der Waals surface area contributed by atoms with E-state index in [-0.39, 0.29) is 0 Å². The van der Waals surface area contributed by atoms with Crippen LogP contribution in [0.25, 0.3) is 0 Å². The van der Waals surface area contributed by atoms with Crippen LogP contribution in [0.5, 0.6) is 0 Å². The molecule has 0 aromatic heterocycles. The van der Waals surface area contributed by atoms with Crippen LogP contribution < -0.4 is 0 Å². The van der Waals surface area contributed by atoms with Crippen LogP contribution in [0, 0.1) is 5.92 Å². The molecule has 0 heterocycles. The van der Waals surface area contributed by atoms with Crippen molar-refractivity contribution in [3.05, 3.63) is 23.4 Å². The van der Waals surface area contributed by atoms with Gasteiger partial charge in [-0.15, -0.1) is 0 Å². The molecular formula is C13H23N. The molecule has 1 rings (SSSR count). The molecule has 0 aromatic rings. The van der Waals surface area contributed by atoms with Crippen molar-refractivity contribution in [3.63, 3.8) is 0 Å². The highest BCUT2D eigenvalue weighted by atomic mass is 15.1. The number of hydrogen-bond donors (Lipinski definition) is 0. The fraction of sp³-hybridized carbons (Fsp3) is 0.692. The highest BCUT2D eigenvalue weighted by molar-refractivity contribution is 5.24. The molecule has 0 fully saturated rings. The minimum atomic E-state index is 0.605. The second kappa shape index (κ2) is 4.68. The third-order valence-corrected chi connectivity index (χ3v) is 3.61. The van der Waals surface area contributed by atoms with E-state index in [9.17, 15) is 0 Å². The summed E-state index contributed by atoms with van der Waals surface area (Å²) in [6.45, 7) is 12.0. The third-order valence-electron chi connectivity index (χ3n) is 3.61. The van der Waals surface area contributed by atoms with E-state index >= 15 is 0 Å². The van der Waals surface area contributed by atoms with Gasteiger partial charge in [0, 0.05) is 25.2 Å². The largest absolute Gasteiger partial charge is 0.378 e. The Bertz CT molecular complexity index is 250. The van der Waals surface area contributed by atoms with E-state index in [1.807, 2.05) is 0 Å². The Morgan fingerprint density at radius 2 is 2.14 bits per heavy atom. The van der Waals surface area contributed by atoms with Crippen LogP contribution in [0.2, 0.25) is 0 Å². The smallest absolute Gasteiger partial charge is 0.0192 e. The van der Waals surface area contributed by atoms with Crippen LogP contribution in [-0.2, 0) is 0 Å². The van der Waals surface area contributed by atoms with E-state index in [2.05, 4.69) is 39.3 Å². The molecule has 0 radical (unpaired) electrons. The van der Waals surface area contributed by atoms with Crippen molar-refractivity contribution in [2.45, 2.75) is 40.0 Å². The number of nitrogens with zero attached hydrogens (tertiary/aromatic N) is 1. The zero-order valence-corrected chi connectivity index (χ0v) is 10.1. The van der Waals surface area contributed by atoms with Gasteiger partial charge in [-0.1, -0.05) is 17.7 Å². The molecule has 0 spiro atoms. The Morgan fingerprint density at radius 1 is 1.50 bits per heavy atom. The second-order valence-corrected chi connectivity index (χ2v) is 4.41. The van der Waals surface area contributed by atoms with Gasteiger partial charge >= 0.3 is 0 Å².